The van der Waals surface area contributed by atoms with E-state index in [0.29, 0.717) is 12.1 Å². The van der Waals surface area contributed by atoms with Gasteiger partial charge < -0.3 is 10.8 Å². The van der Waals surface area contributed by atoms with Gasteiger partial charge in [0.25, 0.3) is 0 Å². The van der Waals surface area contributed by atoms with Gasteiger partial charge in [-0.2, -0.15) is 5.10 Å². The number of anilines is 1. The lowest BCUT2D eigenvalue weighted by Gasteiger charge is -2.11. The topological polar surface area (TPSA) is 81.1 Å². The third kappa shape index (κ3) is 2.48. The van der Waals surface area contributed by atoms with Gasteiger partial charge in [-0.25, -0.2) is 4.79 Å². The molecular weight excluding hydrogens is 182 g/mol. The lowest BCUT2D eigenvalue weighted by Crippen LogP contribution is -2.19. The number of carboxylic acid groups (broad SMARTS) is 1. The van der Waals surface area contributed by atoms with Gasteiger partial charge in [0.2, 0.25) is 0 Å². The predicted molar refractivity (Wildman–Crippen MR) is 52.8 cm³/mol. The molecule has 0 spiro atoms. The summed E-state index contributed by atoms with van der Waals surface area (Å²) in [6.07, 6.45) is 5.44. The molecular formula is C9H15N3O2. The number of nitrogens with zero attached hydrogens (tertiary/aromatic N) is 2. The van der Waals surface area contributed by atoms with Crippen molar-refractivity contribution in [2.24, 2.45) is 0 Å². The first-order valence-corrected chi connectivity index (χ1v) is 4.67. The van der Waals surface area contributed by atoms with Gasteiger partial charge in [-0.1, -0.05) is 19.8 Å². The molecule has 0 saturated heterocycles. The Hall–Kier alpha value is -1.52. The zero-order valence-corrected chi connectivity index (χ0v) is 8.18. The molecule has 0 aliphatic heterocycles. The molecule has 1 aromatic rings. The second-order valence-electron chi connectivity index (χ2n) is 3.25. The molecule has 1 heterocycles. The van der Waals surface area contributed by atoms with Gasteiger partial charge in [-0.05, 0) is 6.42 Å². The van der Waals surface area contributed by atoms with Gasteiger partial charge in [0.15, 0.2) is 0 Å². The number of hydrogen-bond acceptors (Lipinski definition) is 3. The van der Waals surface area contributed by atoms with Crippen molar-refractivity contribution in [1.29, 1.82) is 0 Å². The Morgan fingerprint density at radius 1 is 1.79 bits per heavy atom. The summed E-state index contributed by atoms with van der Waals surface area (Å²) in [5.74, 6) is -0.860. The molecule has 5 heteroatoms. The minimum atomic E-state index is -0.860. The van der Waals surface area contributed by atoms with Gasteiger partial charge in [0.05, 0.1) is 11.9 Å². The van der Waals surface area contributed by atoms with Crippen LogP contribution in [-0.2, 0) is 4.79 Å². The average molecular weight is 197 g/mol. The zero-order valence-electron chi connectivity index (χ0n) is 8.18. The lowest BCUT2D eigenvalue weighted by atomic mass is 10.1. The van der Waals surface area contributed by atoms with E-state index in [1.165, 1.54) is 10.9 Å². The van der Waals surface area contributed by atoms with E-state index in [0.717, 1.165) is 12.8 Å². The molecule has 5 nitrogen and oxygen atoms in total. The highest BCUT2D eigenvalue weighted by molar-refractivity contribution is 5.71. The number of carboxylic acids is 1. The number of hydrogen-bond donors (Lipinski definition) is 2. The van der Waals surface area contributed by atoms with E-state index in [-0.39, 0.29) is 0 Å². The molecule has 14 heavy (non-hydrogen) atoms. The van der Waals surface area contributed by atoms with Crippen LogP contribution in [0.15, 0.2) is 12.4 Å². The Morgan fingerprint density at radius 3 is 2.93 bits per heavy atom. The second-order valence-corrected chi connectivity index (χ2v) is 3.25. The fourth-order valence-electron chi connectivity index (χ4n) is 1.29. The van der Waals surface area contributed by atoms with Crippen molar-refractivity contribution >= 4 is 11.7 Å². The lowest BCUT2D eigenvalue weighted by molar-refractivity contribution is -0.141. The Morgan fingerprint density at radius 2 is 2.50 bits per heavy atom. The fourth-order valence-corrected chi connectivity index (χ4v) is 1.29. The number of nitrogens with two attached hydrogens (primary N) is 1. The van der Waals surface area contributed by atoms with Crippen molar-refractivity contribution in [3.05, 3.63) is 12.4 Å². The molecule has 3 N–H and O–H groups in total. The van der Waals surface area contributed by atoms with E-state index in [1.807, 2.05) is 6.92 Å². The van der Waals surface area contributed by atoms with Crippen LogP contribution in [0.4, 0.5) is 5.69 Å². The highest BCUT2D eigenvalue weighted by Gasteiger charge is 2.19. The number of aromatic nitrogens is 2. The van der Waals surface area contributed by atoms with Gasteiger partial charge >= 0.3 is 5.97 Å². The second kappa shape index (κ2) is 4.64. The monoisotopic (exact) mass is 197 g/mol. The first kappa shape index (κ1) is 10.6. The Balaban J connectivity index is 2.72. The molecule has 0 bridgehead atoms. The largest absolute Gasteiger partial charge is 0.480 e. The van der Waals surface area contributed by atoms with Gasteiger partial charge in [-0.3, -0.25) is 4.68 Å². The maximum Gasteiger partial charge on any atom is 0.328 e. The van der Waals surface area contributed by atoms with Crippen LogP contribution in [-0.4, -0.2) is 20.9 Å². The van der Waals surface area contributed by atoms with Crippen LogP contribution < -0.4 is 5.73 Å². The molecule has 0 aromatic carbocycles. The van der Waals surface area contributed by atoms with Crippen LogP contribution in [0.1, 0.15) is 32.2 Å². The highest BCUT2D eigenvalue weighted by atomic mass is 16.4. The van der Waals surface area contributed by atoms with Crippen LogP contribution in [0.5, 0.6) is 0 Å². The molecule has 78 valence electrons. The van der Waals surface area contributed by atoms with Crippen molar-refractivity contribution in [2.45, 2.75) is 32.2 Å². The SMILES string of the molecule is CCCCC(C(=O)O)n1cc(N)cn1. The molecule has 0 aliphatic carbocycles. The van der Waals surface area contributed by atoms with Crippen molar-refractivity contribution < 1.29 is 9.90 Å². The van der Waals surface area contributed by atoms with E-state index < -0.39 is 12.0 Å². The average Bonchev–Trinajstić information content (AvgIpc) is 2.52. The van der Waals surface area contributed by atoms with Gasteiger partial charge in [0, 0.05) is 6.20 Å². The number of aliphatic carboxylic acids is 1. The first-order valence-electron chi connectivity index (χ1n) is 4.67. The molecule has 1 unspecified atom stereocenters. The maximum atomic E-state index is 10.9. The third-order valence-corrected chi connectivity index (χ3v) is 2.06. The third-order valence-electron chi connectivity index (χ3n) is 2.06. The van der Waals surface area contributed by atoms with Gasteiger partial charge in [0.1, 0.15) is 6.04 Å². The van der Waals surface area contributed by atoms with Crippen molar-refractivity contribution in [2.75, 3.05) is 5.73 Å². The number of carbonyl (C=O) groups is 1. The molecule has 0 amide bonds. The summed E-state index contributed by atoms with van der Waals surface area (Å²) in [5, 5.41) is 12.9. The summed E-state index contributed by atoms with van der Waals surface area (Å²) in [6.45, 7) is 2.02. The minimum Gasteiger partial charge on any atom is -0.480 e. The van der Waals surface area contributed by atoms with Crippen LogP contribution in [0.3, 0.4) is 0 Å². The minimum absolute atomic E-state index is 0.493. The van der Waals surface area contributed by atoms with Gasteiger partial charge in [-0.15, -0.1) is 0 Å². The molecule has 1 atom stereocenters. The molecule has 0 aliphatic rings. The molecule has 1 rings (SSSR count). The molecule has 0 fully saturated rings. The fraction of sp³-hybridized carbons (Fsp3) is 0.556. The van der Waals surface area contributed by atoms with E-state index in [2.05, 4.69) is 5.10 Å². The van der Waals surface area contributed by atoms with Crippen molar-refractivity contribution in [1.82, 2.24) is 9.78 Å². The molecule has 0 saturated carbocycles. The van der Waals surface area contributed by atoms with Crippen LogP contribution in [0, 0.1) is 0 Å². The van der Waals surface area contributed by atoms with Crippen LogP contribution >= 0.6 is 0 Å². The smallest absolute Gasteiger partial charge is 0.328 e. The molecule has 0 radical (unpaired) electrons. The van der Waals surface area contributed by atoms with Crippen LogP contribution in [0.25, 0.3) is 0 Å². The number of unbranched alkanes of at least 4 members (excludes halogenated alkanes) is 1. The standard InChI is InChI=1S/C9H15N3O2/c1-2-3-4-8(9(13)14)12-6-7(10)5-11-12/h5-6,8H,2-4,10H2,1H3,(H,13,14). The van der Waals surface area contributed by atoms with Crippen molar-refractivity contribution in [3.8, 4) is 0 Å². The van der Waals surface area contributed by atoms with E-state index in [9.17, 15) is 4.79 Å². The normalized spacial score (nSPS) is 12.6. The summed E-state index contributed by atoms with van der Waals surface area (Å²) in [6, 6.07) is -0.591. The summed E-state index contributed by atoms with van der Waals surface area (Å²) >= 11 is 0. The van der Waals surface area contributed by atoms with Crippen LogP contribution in [0.2, 0.25) is 0 Å². The highest BCUT2D eigenvalue weighted by Crippen LogP contribution is 2.15. The summed E-state index contributed by atoms with van der Waals surface area (Å²) in [5.41, 5.74) is 5.96. The van der Waals surface area contributed by atoms with E-state index >= 15 is 0 Å². The summed E-state index contributed by atoms with van der Waals surface area (Å²) < 4.78 is 1.41. The number of nitrogen functional groups attached to an aromatic ring is 1. The predicted octanol–water partition coefficient (Wildman–Crippen LogP) is 1.28. The van der Waals surface area contributed by atoms with E-state index in [4.69, 9.17) is 10.8 Å². The summed E-state index contributed by atoms with van der Waals surface area (Å²) in [4.78, 5) is 10.9. The molecule has 1 aromatic heterocycles. The van der Waals surface area contributed by atoms with E-state index in [1.54, 1.807) is 6.20 Å². The van der Waals surface area contributed by atoms with Crippen molar-refractivity contribution in [3.63, 3.8) is 0 Å². The Bertz CT molecular complexity index is 309. The maximum absolute atomic E-state index is 10.9. The quantitative estimate of drug-likeness (QED) is 0.745. The summed E-state index contributed by atoms with van der Waals surface area (Å²) in [7, 11) is 0. The number of rotatable bonds is 5. The Kier molecular flexibility index (Phi) is 3.50. The Labute approximate surface area is 82.5 Å². The first-order chi connectivity index (χ1) is 6.65. The zero-order chi connectivity index (χ0) is 10.6.